The van der Waals surface area contributed by atoms with Crippen LogP contribution in [0.3, 0.4) is 0 Å². The molecular formula is C22H23FN2O4S. The van der Waals surface area contributed by atoms with E-state index in [0.717, 1.165) is 35.9 Å². The lowest BCUT2D eigenvalue weighted by atomic mass is 9.67. The maximum atomic E-state index is 13.8. The van der Waals surface area contributed by atoms with Crippen LogP contribution in [0.25, 0.3) is 6.08 Å². The van der Waals surface area contributed by atoms with Crippen molar-refractivity contribution in [3.8, 4) is 0 Å². The number of rotatable bonds is 5. The first-order valence-electron chi connectivity index (χ1n) is 10.3. The van der Waals surface area contributed by atoms with Gasteiger partial charge in [-0.05, 0) is 49.6 Å². The molecule has 2 aliphatic carbocycles. The summed E-state index contributed by atoms with van der Waals surface area (Å²) in [5, 5.41) is 2.38. The van der Waals surface area contributed by atoms with Gasteiger partial charge < -0.3 is 5.32 Å². The zero-order chi connectivity index (χ0) is 21.3. The maximum absolute atomic E-state index is 13.8. The first-order chi connectivity index (χ1) is 14.4. The van der Waals surface area contributed by atoms with E-state index in [-0.39, 0.29) is 47.2 Å². The molecule has 0 aromatic heterocycles. The Hall–Kier alpha value is -2.48. The number of nitrogens with one attached hydrogen (secondary N) is 1. The van der Waals surface area contributed by atoms with Crippen LogP contribution in [0.1, 0.15) is 37.7 Å². The highest BCUT2D eigenvalue weighted by Gasteiger charge is 2.41. The second-order valence-electron chi connectivity index (χ2n) is 8.04. The fourth-order valence-electron chi connectivity index (χ4n) is 4.56. The van der Waals surface area contributed by atoms with Crippen molar-refractivity contribution in [1.82, 2.24) is 10.2 Å². The number of thioether (sulfide) groups is 1. The number of hydrogen-bond acceptors (Lipinski definition) is 5. The van der Waals surface area contributed by atoms with Gasteiger partial charge in [-0.2, -0.15) is 0 Å². The van der Waals surface area contributed by atoms with Gasteiger partial charge in [0.05, 0.1) is 4.91 Å². The molecule has 158 valence electrons. The second kappa shape index (κ2) is 8.71. The molecule has 1 aromatic carbocycles. The van der Waals surface area contributed by atoms with E-state index in [2.05, 4.69) is 5.32 Å². The summed E-state index contributed by atoms with van der Waals surface area (Å²) in [6.45, 7) is 0.215. The van der Waals surface area contributed by atoms with E-state index in [4.69, 9.17) is 0 Å². The molecule has 1 aromatic rings. The summed E-state index contributed by atoms with van der Waals surface area (Å²) in [7, 11) is 0. The summed E-state index contributed by atoms with van der Waals surface area (Å²) in [6, 6.07) is 6.03. The van der Waals surface area contributed by atoms with E-state index in [0.29, 0.717) is 18.6 Å². The highest BCUT2D eigenvalue weighted by Crippen LogP contribution is 2.40. The van der Waals surface area contributed by atoms with Crippen LogP contribution < -0.4 is 5.32 Å². The topological polar surface area (TPSA) is 83.6 Å². The van der Waals surface area contributed by atoms with Crippen molar-refractivity contribution < 1.29 is 23.6 Å². The number of nitrogens with zero attached hydrogens (tertiary/aromatic N) is 1. The van der Waals surface area contributed by atoms with Gasteiger partial charge in [0, 0.05) is 36.4 Å². The second-order valence-corrected chi connectivity index (χ2v) is 9.03. The predicted molar refractivity (Wildman–Crippen MR) is 111 cm³/mol. The van der Waals surface area contributed by atoms with Crippen LogP contribution in [0.4, 0.5) is 9.18 Å². The van der Waals surface area contributed by atoms with Gasteiger partial charge in [0.25, 0.3) is 11.1 Å². The van der Waals surface area contributed by atoms with Crippen LogP contribution in [0.5, 0.6) is 0 Å². The maximum Gasteiger partial charge on any atom is 0.293 e. The molecule has 1 saturated heterocycles. The zero-order valence-corrected chi connectivity index (χ0v) is 17.3. The Balaban J connectivity index is 1.31. The smallest absolute Gasteiger partial charge is 0.293 e. The van der Waals surface area contributed by atoms with Crippen molar-refractivity contribution >= 4 is 40.7 Å². The molecule has 2 atom stereocenters. The van der Waals surface area contributed by atoms with Gasteiger partial charge in [-0.25, -0.2) is 4.39 Å². The molecule has 0 radical (unpaired) electrons. The first kappa shape index (κ1) is 20.8. The molecule has 3 fully saturated rings. The molecule has 2 bridgehead atoms. The van der Waals surface area contributed by atoms with Crippen molar-refractivity contribution in [3.63, 3.8) is 0 Å². The number of fused-ring (bicyclic) bond motifs is 2. The average molecular weight is 431 g/mol. The van der Waals surface area contributed by atoms with Gasteiger partial charge >= 0.3 is 0 Å². The van der Waals surface area contributed by atoms with Crippen LogP contribution in [0.15, 0.2) is 29.2 Å². The fourth-order valence-corrected chi connectivity index (χ4v) is 5.41. The van der Waals surface area contributed by atoms with Gasteiger partial charge in [-0.15, -0.1) is 0 Å². The number of ketones is 1. The van der Waals surface area contributed by atoms with E-state index in [1.165, 1.54) is 18.2 Å². The van der Waals surface area contributed by atoms with E-state index in [1.54, 1.807) is 12.1 Å². The minimum atomic E-state index is -0.486. The summed E-state index contributed by atoms with van der Waals surface area (Å²) in [6.07, 6.45) is 5.34. The predicted octanol–water partition coefficient (Wildman–Crippen LogP) is 3.37. The number of hydrogen-bond donors (Lipinski definition) is 1. The number of benzene rings is 1. The van der Waals surface area contributed by atoms with Crippen molar-refractivity contribution in [2.45, 2.75) is 32.1 Å². The standard InChI is InChI=1S/C22H23FN2O4S/c23-17-7-2-1-4-13(17)12-18-21(28)25(22(29)30-18)9-8-24-20(27)16-10-14-5-3-6-15(11-16)19(14)26/h1-2,4,7,12,14-16H,3,5-6,8-11H2,(H,24,27)/b18-12-. The average Bonchev–Trinajstić information content (AvgIpc) is 2.97. The summed E-state index contributed by atoms with van der Waals surface area (Å²) < 4.78 is 13.8. The summed E-state index contributed by atoms with van der Waals surface area (Å²) in [4.78, 5) is 50.7. The normalized spacial score (nSPS) is 27.6. The summed E-state index contributed by atoms with van der Waals surface area (Å²) in [5.41, 5.74) is 0.244. The van der Waals surface area contributed by atoms with Crippen LogP contribution in [0.2, 0.25) is 0 Å². The van der Waals surface area contributed by atoms with E-state index >= 15 is 0 Å². The number of carbonyl (C=O) groups excluding carboxylic acids is 4. The number of Topliss-reactive ketones (excluding diaryl/α,β-unsaturated/α-hetero) is 1. The van der Waals surface area contributed by atoms with Crippen molar-refractivity contribution in [3.05, 3.63) is 40.6 Å². The number of halogens is 1. The van der Waals surface area contributed by atoms with Gasteiger partial charge in [0.15, 0.2) is 0 Å². The Morgan fingerprint density at radius 1 is 1.17 bits per heavy atom. The molecular weight excluding hydrogens is 407 g/mol. The minimum Gasteiger partial charge on any atom is -0.354 e. The van der Waals surface area contributed by atoms with Crippen LogP contribution in [-0.4, -0.2) is 40.8 Å². The van der Waals surface area contributed by atoms with Crippen LogP contribution in [-0.2, 0) is 14.4 Å². The Labute approximate surface area is 178 Å². The highest BCUT2D eigenvalue weighted by atomic mass is 32.2. The molecule has 2 saturated carbocycles. The lowest BCUT2D eigenvalue weighted by Crippen LogP contribution is -2.44. The minimum absolute atomic E-state index is 0.00235. The zero-order valence-electron chi connectivity index (χ0n) is 16.4. The Kier molecular flexibility index (Phi) is 6.04. The van der Waals surface area contributed by atoms with E-state index in [9.17, 15) is 23.6 Å². The molecule has 6 nitrogen and oxygen atoms in total. The summed E-state index contributed by atoms with van der Waals surface area (Å²) in [5.74, 6) is -0.950. The Morgan fingerprint density at radius 3 is 2.57 bits per heavy atom. The molecule has 30 heavy (non-hydrogen) atoms. The van der Waals surface area contributed by atoms with Gasteiger partial charge in [-0.1, -0.05) is 24.6 Å². The fraction of sp³-hybridized carbons (Fsp3) is 0.455. The van der Waals surface area contributed by atoms with Crippen LogP contribution in [0, 0.1) is 23.6 Å². The molecule has 4 rings (SSSR count). The molecule has 3 amide bonds. The third-order valence-electron chi connectivity index (χ3n) is 6.12. The molecule has 2 unspecified atom stereocenters. The van der Waals surface area contributed by atoms with Gasteiger partial charge in [0.2, 0.25) is 5.91 Å². The monoisotopic (exact) mass is 430 g/mol. The van der Waals surface area contributed by atoms with E-state index in [1.807, 2.05) is 0 Å². The third-order valence-corrected chi connectivity index (χ3v) is 7.03. The molecule has 3 aliphatic rings. The molecule has 1 heterocycles. The van der Waals surface area contributed by atoms with E-state index < -0.39 is 17.0 Å². The van der Waals surface area contributed by atoms with Crippen molar-refractivity contribution in [2.75, 3.05) is 13.1 Å². The molecule has 8 heteroatoms. The number of carbonyl (C=O) groups is 4. The lowest BCUT2D eigenvalue weighted by Gasteiger charge is -2.37. The van der Waals surface area contributed by atoms with Crippen molar-refractivity contribution in [2.24, 2.45) is 17.8 Å². The SMILES string of the molecule is O=C(NCCN1C(=O)S/C(=C\c2ccccc2F)C1=O)C1CC2CCCC(C1)C2=O. The quantitative estimate of drug-likeness (QED) is 0.724. The lowest BCUT2D eigenvalue weighted by molar-refractivity contribution is -0.137. The molecule has 1 N–H and O–H groups in total. The largest absolute Gasteiger partial charge is 0.354 e. The Morgan fingerprint density at radius 2 is 1.87 bits per heavy atom. The number of imide groups is 1. The third kappa shape index (κ3) is 4.19. The van der Waals surface area contributed by atoms with Gasteiger partial charge in [0.1, 0.15) is 11.6 Å². The molecule has 0 spiro atoms. The van der Waals surface area contributed by atoms with Crippen LogP contribution >= 0.6 is 11.8 Å². The Bertz CT molecular complexity index is 915. The molecule has 1 aliphatic heterocycles. The number of amides is 3. The summed E-state index contributed by atoms with van der Waals surface area (Å²) >= 11 is 0.765. The highest BCUT2D eigenvalue weighted by molar-refractivity contribution is 8.18. The first-order valence-corrected chi connectivity index (χ1v) is 11.1. The van der Waals surface area contributed by atoms with Crippen molar-refractivity contribution in [1.29, 1.82) is 0 Å². The van der Waals surface area contributed by atoms with Gasteiger partial charge in [-0.3, -0.25) is 24.1 Å².